The number of ether oxygens (including phenoxy) is 1. The first-order chi connectivity index (χ1) is 13.3. The van der Waals surface area contributed by atoms with E-state index in [2.05, 4.69) is 38.3 Å². The van der Waals surface area contributed by atoms with E-state index in [1.54, 1.807) is 25.1 Å². The first-order valence-corrected chi connectivity index (χ1v) is 10.0. The molecule has 0 amide bonds. The van der Waals surface area contributed by atoms with Crippen molar-refractivity contribution in [3.05, 3.63) is 77.0 Å². The third-order valence-electron chi connectivity index (χ3n) is 3.98. The van der Waals surface area contributed by atoms with Crippen molar-refractivity contribution >= 4 is 27.7 Å². The molecule has 4 aromatic rings. The maximum Gasteiger partial charge on any atom is 0.205 e. The Kier molecular flexibility index (Phi) is 5.31. The van der Waals surface area contributed by atoms with Crippen LogP contribution in [0.4, 0.5) is 0 Å². The van der Waals surface area contributed by atoms with E-state index in [1.807, 2.05) is 53.1 Å². The van der Waals surface area contributed by atoms with Crippen LogP contribution >= 0.6 is 27.7 Å². The Morgan fingerprint density at radius 1 is 1.04 bits per heavy atom. The fourth-order valence-corrected chi connectivity index (χ4v) is 3.85. The second-order valence-corrected chi connectivity index (χ2v) is 7.56. The van der Waals surface area contributed by atoms with Crippen molar-refractivity contribution < 1.29 is 9.15 Å². The molecule has 27 heavy (non-hydrogen) atoms. The average Bonchev–Trinajstić information content (AvgIpc) is 3.37. The monoisotopic (exact) mass is 441 g/mol. The molecular weight excluding hydrogens is 426 g/mol. The van der Waals surface area contributed by atoms with E-state index in [4.69, 9.17) is 9.15 Å². The van der Waals surface area contributed by atoms with Crippen LogP contribution in [0.2, 0.25) is 0 Å². The molecule has 0 radical (unpaired) electrons. The number of furan rings is 1. The lowest BCUT2D eigenvalue weighted by Crippen LogP contribution is -2.02. The fraction of sp³-hybridized carbons (Fsp3) is 0.100. The van der Waals surface area contributed by atoms with Crippen molar-refractivity contribution in [3.8, 4) is 23.0 Å². The molecule has 0 aliphatic carbocycles. The van der Waals surface area contributed by atoms with Crippen LogP contribution in [0.1, 0.15) is 5.56 Å². The Labute approximate surface area is 169 Å². The molecule has 2 aromatic heterocycles. The third-order valence-corrected chi connectivity index (χ3v) is 5.51. The molecule has 0 fully saturated rings. The van der Waals surface area contributed by atoms with E-state index in [0.717, 1.165) is 26.8 Å². The molecule has 2 heterocycles. The zero-order valence-electron chi connectivity index (χ0n) is 14.5. The van der Waals surface area contributed by atoms with Crippen LogP contribution in [0.15, 0.2) is 81.0 Å². The van der Waals surface area contributed by atoms with Gasteiger partial charge in [-0.1, -0.05) is 52.0 Å². The van der Waals surface area contributed by atoms with Gasteiger partial charge in [0, 0.05) is 10.2 Å². The summed E-state index contributed by atoms with van der Waals surface area (Å²) < 4.78 is 14.2. The summed E-state index contributed by atoms with van der Waals surface area (Å²) in [6, 6.07) is 19.8. The van der Waals surface area contributed by atoms with Crippen molar-refractivity contribution in [2.75, 3.05) is 7.11 Å². The normalized spacial score (nSPS) is 10.9. The summed E-state index contributed by atoms with van der Waals surface area (Å²) >= 11 is 5.08. The minimum absolute atomic E-state index is 0.641. The van der Waals surface area contributed by atoms with E-state index in [0.29, 0.717) is 11.6 Å². The molecule has 0 saturated heterocycles. The summed E-state index contributed by atoms with van der Waals surface area (Å²) in [5.41, 5.74) is 2.08. The SMILES string of the molecule is COc1ccccc1-n1c(SCc2ccc(Br)cc2)nnc1-c1ccco1. The molecule has 4 rings (SSSR count). The topological polar surface area (TPSA) is 53.1 Å². The van der Waals surface area contributed by atoms with Gasteiger partial charge in [0.25, 0.3) is 0 Å². The Morgan fingerprint density at radius 2 is 1.85 bits per heavy atom. The lowest BCUT2D eigenvalue weighted by molar-refractivity contribution is 0.412. The van der Waals surface area contributed by atoms with Crippen LogP contribution in [0.25, 0.3) is 17.3 Å². The zero-order valence-corrected chi connectivity index (χ0v) is 16.9. The molecule has 0 N–H and O–H groups in total. The minimum atomic E-state index is 0.641. The summed E-state index contributed by atoms with van der Waals surface area (Å²) in [7, 11) is 1.66. The lowest BCUT2D eigenvalue weighted by atomic mass is 10.2. The molecule has 136 valence electrons. The van der Waals surface area contributed by atoms with Gasteiger partial charge in [0.15, 0.2) is 10.9 Å². The number of aromatic nitrogens is 3. The van der Waals surface area contributed by atoms with E-state index >= 15 is 0 Å². The van der Waals surface area contributed by atoms with Gasteiger partial charge in [0.05, 0.1) is 19.1 Å². The highest BCUT2D eigenvalue weighted by Gasteiger charge is 2.20. The highest BCUT2D eigenvalue weighted by molar-refractivity contribution is 9.10. The first-order valence-electron chi connectivity index (χ1n) is 8.26. The van der Waals surface area contributed by atoms with Gasteiger partial charge in [-0.3, -0.25) is 4.57 Å². The zero-order chi connectivity index (χ0) is 18.6. The molecule has 0 aliphatic rings. The van der Waals surface area contributed by atoms with Gasteiger partial charge in [0.2, 0.25) is 5.82 Å². The molecule has 0 atom stereocenters. The summed E-state index contributed by atoms with van der Waals surface area (Å²) in [5.74, 6) is 2.82. The Balaban J connectivity index is 1.74. The van der Waals surface area contributed by atoms with Gasteiger partial charge in [-0.2, -0.15) is 0 Å². The second-order valence-electron chi connectivity index (χ2n) is 5.71. The first kappa shape index (κ1) is 17.9. The van der Waals surface area contributed by atoms with Crippen molar-refractivity contribution in [1.29, 1.82) is 0 Å². The Bertz CT molecular complexity index is 1030. The Hall–Kier alpha value is -2.51. The van der Waals surface area contributed by atoms with Crippen LogP contribution in [0, 0.1) is 0 Å². The van der Waals surface area contributed by atoms with Crippen LogP contribution in [0.5, 0.6) is 5.75 Å². The van der Waals surface area contributed by atoms with Gasteiger partial charge >= 0.3 is 0 Å². The standard InChI is InChI=1S/C20H16BrN3O2S/c1-25-17-6-3-2-5-16(17)24-19(18-7-4-12-26-18)22-23-20(24)27-13-14-8-10-15(21)11-9-14/h2-12H,13H2,1H3. The predicted molar refractivity (Wildman–Crippen MR) is 109 cm³/mol. The van der Waals surface area contributed by atoms with E-state index in [-0.39, 0.29) is 0 Å². The van der Waals surface area contributed by atoms with Gasteiger partial charge in [-0.05, 0) is 42.0 Å². The van der Waals surface area contributed by atoms with Crippen molar-refractivity contribution in [2.45, 2.75) is 10.9 Å². The smallest absolute Gasteiger partial charge is 0.205 e. The van der Waals surface area contributed by atoms with Gasteiger partial charge in [-0.25, -0.2) is 0 Å². The molecular formula is C20H16BrN3O2S. The van der Waals surface area contributed by atoms with Crippen molar-refractivity contribution in [2.24, 2.45) is 0 Å². The number of rotatable bonds is 6. The summed E-state index contributed by atoms with van der Waals surface area (Å²) in [6.45, 7) is 0. The van der Waals surface area contributed by atoms with Crippen molar-refractivity contribution in [1.82, 2.24) is 14.8 Å². The summed E-state index contributed by atoms with van der Waals surface area (Å²) in [4.78, 5) is 0. The number of hydrogen-bond acceptors (Lipinski definition) is 5. The molecule has 5 nitrogen and oxygen atoms in total. The fourth-order valence-electron chi connectivity index (χ4n) is 2.69. The average molecular weight is 442 g/mol. The Morgan fingerprint density at radius 3 is 2.59 bits per heavy atom. The predicted octanol–water partition coefficient (Wildman–Crippen LogP) is 5.59. The van der Waals surface area contributed by atoms with Crippen molar-refractivity contribution in [3.63, 3.8) is 0 Å². The quantitative estimate of drug-likeness (QED) is 0.365. The van der Waals surface area contributed by atoms with Crippen LogP contribution in [-0.2, 0) is 5.75 Å². The number of para-hydroxylation sites is 2. The highest BCUT2D eigenvalue weighted by Crippen LogP contribution is 2.33. The second kappa shape index (κ2) is 8.02. The van der Waals surface area contributed by atoms with E-state index in [1.165, 1.54) is 5.56 Å². The summed E-state index contributed by atoms with van der Waals surface area (Å²) in [6.07, 6.45) is 1.63. The van der Waals surface area contributed by atoms with Gasteiger partial charge < -0.3 is 9.15 Å². The number of thioether (sulfide) groups is 1. The molecule has 0 bridgehead atoms. The molecule has 0 spiro atoms. The van der Waals surface area contributed by atoms with Crippen LogP contribution in [0.3, 0.4) is 0 Å². The molecule has 2 aromatic carbocycles. The maximum atomic E-state index is 5.57. The van der Waals surface area contributed by atoms with Crippen LogP contribution in [-0.4, -0.2) is 21.9 Å². The maximum absolute atomic E-state index is 5.57. The molecule has 0 aliphatic heterocycles. The highest BCUT2D eigenvalue weighted by atomic mass is 79.9. The lowest BCUT2D eigenvalue weighted by Gasteiger charge is -2.13. The molecule has 0 saturated carbocycles. The molecule has 0 unspecified atom stereocenters. The van der Waals surface area contributed by atoms with Gasteiger partial charge in [-0.15, -0.1) is 10.2 Å². The molecule has 7 heteroatoms. The van der Waals surface area contributed by atoms with Gasteiger partial charge in [0.1, 0.15) is 5.75 Å². The van der Waals surface area contributed by atoms with Crippen LogP contribution < -0.4 is 4.74 Å². The van der Waals surface area contributed by atoms with E-state index < -0.39 is 0 Å². The summed E-state index contributed by atoms with van der Waals surface area (Å²) in [5, 5.41) is 9.55. The minimum Gasteiger partial charge on any atom is -0.495 e. The number of nitrogens with zero attached hydrogens (tertiary/aromatic N) is 3. The number of halogens is 1. The number of hydrogen-bond donors (Lipinski definition) is 0. The van der Waals surface area contributed by atoms with E-state index in [9.17, 15) is 0 Å². The number of benzene rings is 2. The largest absolute Gasteiger partial charge is 0.495 e. The number of methoxy groups -OCH3 is 1. The third kappa shape index (κ3) is 3.79.